The SMILES string of the molecule is CC[C@@H](C)NC(=O)[C@H](CC)N(Cc1cccc(OC)c1)C(=O)CCCN(c1ccc(OC)c(Cl)c1)S(C)(=O)=O. The highest BCUT2D eigenvalue weighted by atomic mass is 35.5. The van der Waals surface area contributed by atoms with E-state index in [1.807, 2.05) is 45.0 Å². The second-order valence-electron chi connectivity index (χ2n) is 9.37. The van der Waals surface area contributed by atoms with Crippen molar-refractivity contribution in [3.05, 3.63) is 53.1 Å². The number of hydrogen-bond acceptors (Lipinski definition) is 6. The highest BCUT2D eigenvalue weighted by Crippen LogP contribution is 2.30. The molecule has 2 atom stereocenters. The molecule has 2 aromatic rings. The molecule has 0 saturated carbocycles. The molecule has 0 aromatic heterocycles. The van der Waals surface area contributed by atoms with Gasteiger partial charge in [-0.05, 0) is 62.1 Å². The zero-order valence-electron chi connectivity index (χ0n) is 23.6. The average Bonchev–Trinajstić information content (AvgIpc) is 2.90. The molecule has 0 heterocycles. The highest BCUT2D eigenvalue weighted by Gasteiger charge is 2.29. The molecule has 0 spiro atoms. The fraction of sp³-hybridized carbons (Fsp3) is 0.500. The largest absolute Gasteiger partial charge is 0.497 e. The maximum atomic E-state index is 13.6. The van der Waals surface area contributed by atoms with Gasteiger partial charge in [-0.25, -0.2) is 8.42 Å². The van der Waals surface area contributed by atoms with Gasteiger partial charge in [-0.2, -0.15) is 0 Å². The van der Waals surface area contributed by atoms with Crippen molar-refractivity contribution < 1.29 is 27.5 Å². The Kier molecular flexibility index (Phi) is 12.4. The molecule has 0 aliphatic carbocycles. The Morgan fingerprint density at radius 1 is 1.05 bits per heavy atom. The summed E-state index contributed by atoms with van der Waals surface area (Å²) in [5.74, 6) is 0.622. The first-order valence-electron chi connectivity index (χ1n) is 13.0. The van der Waals surface area contributed by atoms with Crippen LogP contribution in [0.15, 0.2) is 42.5 Å². The molecule has 9 nitrogen and oxygen atoms in total. The molecule has 216 valence electrons. The molecule has 0 radical (unpaired) electrons. The van der Waals surface area contributed by atoms with Gasteiger partial charge < -0.3 is 19.7 Å². The van der Waals surface area contributed by atoms with E-state index >= 15 is 0 Å². The van der Waals surface area contributed by atoms with E-state index in [-0.39, 0.29) is 48.8 Å². The van der Waals surface area contributed by atoms with E-state index in [0.717, 1.165) is 18.2 Å². The van der Waals surface area contributed by atoms with Crippen LogP contribution in [0.5, 0.6) is 11.5 Å². The first-order chi connectivity index (χ1) is 18.4. The minimum absolute atomic E-state index is 0.0278. The standard InChI is InChI=1S/C28H40ClN3O6S/c1-7-20(3)30-28(34)25(8-2)31(19-21-11-9-12-23(17-21)37-4)27(33)13-10-16-32(39(6,35)36)22-14-15-26(38-5)24(29)18-22/h9,11-12,14-15,17-18,20,25H,7-8,10,13,16,19H2,1-6H3,(H,30,34)/t20-,25+/m1/s1. The van der Waals surface area contributed by atoms with Crippen LogP contribution in [-0.2, 0) is 26.2 Å². The second kappa shape index (κ2) is 15.0. The fourth-order valence-corrected chi connectivity index (χ4v) is 5.35. The molecule has 2 rings (SSSR count). The van der Waals surface area contributed by atoms with Gasteiger partial charge in [0.25, 0.3) is 0 Å². The lowest BCUT2D eigenvalue weighted by atomic mass is 10.1. The van der Waals surface area contributed by atoms with Crippen LogP contribution in [0, 0.1) is 0 Å². The lowest BCUT2D eigenvalue weighted by Gasteiger charge is -2.32. The van der Waals surface area contributed by atoms with Crippen LogP contribution < -0.4 is 19.1 Å². The van der Waals surface area contributed by atoms with Gasteiger partial charge in [0.1, 0.15) is 17.5 Å². The van der Waals surface area contributed by atoms with E-state index in [1.165, 1.54) is 17.5 Å². The van der Waals surface area contributed by atoms with Gasteiger partial charge in [0.05, 0.1) is 31.2 Å². The summed E-state index contributed by atoms with van der Waals surface area (Å²) in [6.45, 7) is 6.05. The zero-order valence-corrected chi connectivity index (χ0v) is 25.1. The number of amides is 2. The molecular formula is C28H40ClN3O6S. The summed E-state index contributed by atoms with van der Waals surface area (Å²) in [4.78, 5) is 28.3. The van der Waals surface area contributed by atoms with Gasteiger partial charge in [0.15, 0.2) is 0 Å². The number of methoxy groups -OCH3 is 2. The summed E-state index contributed by atoms with van der Waals surface area (Å²) < 4.78 is 36.8. The van der Waals surface area contributed by atoms with Crippen molar-refractivity contribution in [1.29, 1.82) is 0 Å². The normalized spacial score (nSPS) is 12.8. The van der Waals surface area contributed by atoms with Crippen LogP contribution >= 0.6 is 11.6 Å². The molecular weight excluding hydrogens is 542 g/mol. The van der Waals surface area contributed by atoms with Crippen molar-refractivity contribution in [2.75, 3.05) is 31.3 Å². The van der Waals surface area contributed by atoms with E-state index in [2.05, 4.69) is 5.32 Å². The predicted octanol–water partition coefficient (Wildman–Crippen LogP) is 4.63. The Morgan fingerprint density at radius 2 is 1.77 bits per heavy atom. The van der Waals surface area contributed by atoms with Gasteiger partial charge >= 0.3 is 0 Å². The lowest BCUT2D eigenvalue weighted by molar-refractivity contribution is -0.141. The predicted molar refractivity (Wildman–Crippen MR) is 155 cm³/mol. The van der Waals surface area contributed by atoms with Crippen LogP contribution in [0.1, 0.15) is 52.0 Å². The summed E-state index contributed by atoms with van der Waals surface area (Å²) in [7, 11) is -0.602. The fourth-order valence-electron chi connectivity index (χ4n) is 4.14. The third kappa shape index (κ3) is 9.32. The molecule has 0 unspecified atom stereocenters. The topological polar surface area (TPSA) is 105 Å². The summed E-state index contributed by atoms with van der Waals surface area (Å²) in [6.07, 6.45) is 2.59. The maximum Gasteiger partial charge on any atom is 0.243 e. The molecule has 1 N–H and O–H groups in total. The molecule has 39 heavy (non-hydrogen) atoms. The average molecular weight is 582 g/mol. The Labute approximate surface area is 237 Å². The van der Waals surface area contributed by atoms with Crippen LogP contribution in [0.2, 0.25) is 5.02 Å². The first-order valence-corrected chi connectivity index (χ1v) is 15.2. The molecule has 0 fully saturated rings. The molecule has 0 aliphatic heterocycles. The van der Waals surface area contributed by atoms with Crippen molar-refractivity contribution in [3.8, 4) is 11.5 Å². The van der Waals surface area contributed by atoms with Gasteiger partial charge in [0.2, 0.25) is 21.8 Å². The van der Waals surface area contributed by atoms with Crippen molar-refractivity contribution in [1.82, 2.24) is 10.2 Å². The number of benzene rings is 2. The molecule has 2 amide bonds. The number of carbonyl (C=O) groups is 2. The van der Waals surface area contributed by atoms with E-state index < -0.39 is 16.1 Å². The number of anilines is 1. The van der Waals surface area contributed by atoms with Gasteiger partial charge in [0, 0.05) is 25.6 Å². The molecule has 0 aliphatic rings. The summed E-state index contributed by atoms with van der Waals surface area (Å²) in [5, 5.41) is 3.27. The number of nitrogens with one attached hydrogen (secondary N) is 1. The lowest BCUT2D eigenvalue weighted by Crippen LogP contribution is -2.50. The Morgan fingerprint density at radius 3 is 2.33 bits per heavy atom. The molecule has 2 aromatic carbocycles. The monoisotopic (exact) mass is 581 g/mol. The number of carbonyl (C=O) groups excluding carboxylic acids is 2. The Bertz CT molecular complexity index is 1220. The molecule has 11 heteroatoms. The smallest absolute Gasteiger partial charge is 0.243 e. The van der Waals surface area contributed by atoms with Crippen molar-refractivity contribution in [3.63, 3.8) is 0 Å². The van der Waals surface area contributed by atoms with Gasteiger partial charge in [-0.1, -0.05) is 37.6 Å². The number of ether oxygens (including phenoxy) is 2. The minimum Gasteiger partial charge on any atom is -0.497 e. The number of nitrogens with zero attached hydrogens (tertiary/aromatic N) is 2. The van der Waals surface area contributed by atoms with Gasteiger partial charge in [-0.3, -0.25) is 13.9 Å². The third-order valence-electron chi connectivity index (χ3n) is 6.45. The number of hydrogen-bond donors (Lipinski definition) is 1. The van der Waals surface area contributed by atoms with Crippen LogP contribution in [0.3, 0.4) is 0 Å². The number of rotatable bonds is 15. The zero-order chi connectivity index (χ0) is 29.2. The molecule has 0 saturated heterocycles. The Hall–Kier alpha value is -2.98. The van der Waals surface area contributed by atoms with E-state index in [1.54, 1.807) is 24.1 Å². The summed E-state index contributed by atoms with van der Waals surface area (Å²) >= 11 is 6.22. The second-order valence-corrected chi connectivity index (χ2v) is 11.7. The van der Waals surface area contributed by atoms with Crippen LogP contribution in [0.4, 0.5) is 5.69 Å². The summed E-state index contributed by atoms with van der Waals surface area (Å²) in [5.41, 5.74) is 1.20. The van der Waals surface area contributed by atoms with E-state index in [9.17, 15) is 18.0 Å². The van der Waals surface area contributed by atoms with Crippen molar-refractivity contribution in [2.24, 2.45) is 0 Å². The van der Waals surface area contributed by atoms with E-state index in [0.29, 0.717) is 23.6 Å². The summed E-state index contributed by atoms with van der Waals surface area (Å²) in [6, 6.07) is 11.4. The van der Waals surface area contributed by atoms with Crippen LogP contribution in [-0.4, -0.2) is 64.2 Å². The number of halogens is 1. The quantitative estimate of drug-likeness (QED) is 0.329. The van der Waals surface area contributed by atoms with Crippen molar-refractivity contribution >= 4 is 39.1 Å². The first kappa shape index (κ1) is 32.2. The Balaban J connectivity index is 2.27. The minimum atomic E-state index is -3.65. The van der Waals surface area contributed by atoms with E-state index in [4.69, 9.17) is 21.1 Å². The van der Waals surface area contributed by atoms with Gasteiger partial charge in [-0.15, -0.1) is 0 Å². The van der Waals surface area contributed by atoms with Crippen LogP contribution in [0.25, 0.3) is 0 Å². The number of sulfonamides is 1. The molecule has 0 bridgehead atoms. The third-order valence-corrected chi connectivity index (χ3v) is 7.94. The highest BCUT2D eigenvalue weighted by molar-refractivity contribution is 7.92. The maximum absolute atomic E-state index is 13.6. The van der Waals surface area contributed by atoms with Crippen molar-refractivity contribution in [2.45, 2.75) is 65.1 Å².